The van der Waals surface area contributed by atoms with Crippen LogP contribution in [0.4, 0.5) is 0 Å². The molecule has 20 heavy (non-hydrogen) atoms. The van der Waals surface area contributed by atoms with Crippen molar-refractivity contribution >= 4 is 32.5 Å². The topological polar surface area (TPSA) is 69.3 Å². The number of aromatic nitrogens is 3. The summed E-state index contributed by atoms with van der Waals surface area (Å²) < 4.78 is 16.2. The van der Waals surface area contributed by atoms with E-state index in [4.69, 9.17) is 13.3 Å². The largest absolute Gasteiger partial charge is 0.500 e. The second-order valence-electron chi connectivity index (χ2n) is 4.41. The van der Waals surface area contributed by atoms with Crippen molar-refractivity contribution < 1.29 is 13.3 Å². The number of hydrogen-bond donors (Lipinski definition) is 2. The molecule has 110 valence electrons. The van der Waals surface area contributed by atoms with Crippen LogP contribution in [-0.4, -0.2) is 45.5 Å². The standard InChI is InChI=1S/C12H19N3O3SSi/c1-16-20(17-2,18-3)8-4-5-9-6-7-10-11(12(9)19)14-15-13-10/h6-7,19H,4-5,8H2,1-3H3,(H,13,14,15). The molecule has 0 radical (unpaired) electrons. The lowest BCUT2D eigenvalue weighted by Gasteiger charge is -2.24. The Morgan fingerprint density at radius 2 is 1.85 bits per heavy atom. The number of fused-ring (bicyclic) bond motifs is 1. The Morgan fingerprint density at radius 3 is 2.50 bits per heavy atom. The summed E-state index contributed by atoms with van der Waals surface area (Å²) in [6.45, 7) is 0. The van der Waals surface area contributed by atoms with Gasteiger partial charge in [0.15, 0.2) is 0 Å². The summed E-state index contributed by atoms with van der Waals surface area (Å²) in [4.78, 5) is 0.871. The summed E-state index contributed by atoms with van der Waals surface area (Å²) in [5.41, 5.74) is 2.77. The number of aryl methyl sites for hydroxylation is 1. The first-order valence-corrected chi connectivity index (χ1v) is 8.70. The van der Waals surface area contributed by atoms with Crippen LogP contribution in [0.15, 0.2) is 17.0 Å². The van der Waals surface area contributed by atoms with Gasteiger partial charge in [0.1, 0.15) is 11.0 Å². The highest BCUT2D eigenvalue weighted by Gasteiger charge is 2.36. The summed E-state index contributed by atoms with van der Waals surface area (Å²) in [6, 6.07) is 4.74. The summed E-state index contributed by atoms with van der Waals surface area (Å²) in [6.07, 6.45) is 1.77. The molecule has 0 fully saturated rings. The molecule has 0 amide bonds. The minimum absolute atomic E-state index is 0.764. The minimum atomic E-state index is -2.49. The summed E-state index contributed by atoms with van der Waals surface area (Å²) in [5.74, 6) is 0. The van der Waals surface area contributed by atoms with Gasteiger partial charge in [-0.25, -0.2) is 0 Å². The SMILES string of the molecule is CO[Si](CCCc1ccc2n[nH]nc2c1S)(OC)OC. The predicted molar refractivity (Wildman–Crippen MR) is 81.0 cm³/mol. The third kappa shape index (κ3) is 3.04. The Bertz CT molecular complexity index is 566. The van der Waals surface area contributed by atoms with Gasteiger partial charge in [-0.2, -0.15) is 15.4 Å². The van der Waals surface area contributed by atoms with E-state index in [1.165, 1.54) is 0 Å². The number of benzene rings is 1. The highest BCUT2D eigenvalue weighted by atomic mass is 32.1. The van der Waals surface area contributed by atoms with Crippen molar-refractivity contribution in [1.82, 2.24) is 15.4 Å². The molecule has 0 spiro atoms. The van der Waals surface area contributed by atoms with Gasteiger partial charge in [-0.1, -0.05) is 6.07 Å². The van der Waals surface area contributed by atoms with Crippen LogP contribution in [0, 0.1) is 0 Å². The molecule has 0 unspecified atom stereocenters. The Hall–Kier alpha value is -0.933. The van der Waals surface area contributed by atoms with Crippen molar-refractivity contribution in [1.29, 1.82) is 0 Å². The van der Waals surface area contributed by atoms with Crippen molar-refractivity contribution in [2.24, 2.45) is 0 Å². The van der Waals surface area contributed by atoms with E-state index in [-0.39, 0.29) is 0 Å². The molecule has 0 saturated carbocycles. The zero-order chi connectivity index (χ0) is 14.6. The van der Waals surface area contributed by atoms with Gasteiger partial charge in [-0.15, -0.1) is 12.6 Å². The number of nitrogens with one attached hydrogen (secondary N) is 1. The van der Waals surface area contributed by atoms with Gasteiger partial charge in [0, 0.05) is 32.3 Å². The van der Waals surface area contributed by atoms with Gasteiger partial charge >= 0.3 is 8.80 Å². The van der Waals surface area contributed by atoms with Crippen LogP contribution in [-0.2, 0) is 19.7 Å². The van der Waals surface area contributed by atoms with Crippen LogP contribution in [0.3, 0.4) is 0 Å². The molecule has 2 aromatic rings. The fourth-order valence-electron chi connectivity index (χ4n) is 2.19. The van der Waals surface area contributed by atoms with Crippen molar-refractivity contribution in [2.75, 3.05) is 21.3 Å². The maximum Gasteiger partial charge on any atom is 0.500 e. The van der Waals surface area contributed by atoms with Crippen LogP contribution < -0.4 is 0 Å². The van der Waals surface area contributed by atoms with Crippen LogP contribution in [0.1, 0.15) is 12.0 Å². The molecule has 0 aliphatic rings. The molecule has 0 aliphatic carbocycles. The lowest BCUT2D eigenvalue weighted by Crippen LogP contribution is -2.42. The van der Waals surface area contributed by atoms with E-state index in [9.17, 15) is 0 Å². The van der Waals surface area contributed by atoms with Gasteiger partial charge in [0.25, 0.3) is 0 Å². The van der Waals surface area contributed by atoms with Crippen LogP contribution in [0.5, 0.6) is 0 Å². The number of nitrogens with zero attached hydrogens (tertiary/aromatic N) is 2. The molecule has 8 heteroatoms. The second kappa shape index (κ2) is 6.68. The molecule has 0 bridgehead atoms. The zero-order valence-corrected chi connectivity index (χ0v) is 13.7. The lowest BCUT2D eigenvalue weighted by atomic mass is 10.1. The minimum Gasteiger partial charge on any atom is -0.377 e. The molecule has 0 saturated heterocycles. The Labute approximate surface area is 124 Å². The van der Waals surface area contributed by atoms with Gasteiger partial charge in [-0.3, -0.25) is 0 Å². The summed E-state index contributed by atoms with van der Waals surface area (Å²) >= 11 is 4.54. The average Bonchev–Trinajstić information content (AvgIpc) is 2.96. The molecule has 1 aromatic heterocycles. The molecular weight excluding hydrogens is 294 g/mol. The van der Waals surface area contributed by atoms with E-state index in [1.54, 1.807) is 21.3 Å². The number of H-pyrrole nitrogens is 1. The zero-order valence-electron chi connectivity index (χ0n) is 11.8. The van der Waals surface area contributed by atoms with Crippen molar-refractivity contribution in [3.8, 4) is 0 Å². The van der Waals surface area contributed by atoms with Crippen molar-refractivity contribution in [3.63, 3.8) is 0 Å². The van der Waals surface area contributed by atoms with Crippen molar-refractivity contribution in [2.45, 2.75) is 23.8 Å². The lowest BCUT2D eigenvalue weighted by molar-refractivity contribution is 0.123. The molecule has 0 aliphatic heterocycles. The van der Waals surface area contributed by atoms with Gasteiger partial charge in [0.05, 0.1) is 0 Å². The molecule has 1 aromatic carbocycles. The third-order valence-corrected chi connectivity index (χ3v) is 6.74. The normalized spacial score (nSPS) is 12.2. The van der Waals surface area contributed by atoms with E-state index in [1.807, 2.05) is 12.1 Å². The average molecular weight is 313 g/mol. The Balaban J connectivity index is 2.04. The van der Waals surface area contributed by atoms with Gasteiger partial charge < -0.3 is 13.3 Å². The van der Waals surface area contributed by atoms with Crippen molar-refractivity contribution in [3.05, 3.63) is 17.7 Å². The quantitative estimate of drug-likeness (QED) is 0.605. The second-order valence-corrected chi connectivity index (χ2v) is 7.95. The van der Waals surface area contributed by atoms with E-state index in [0.29, 0.717) is 0 Å². The first kappa shape index (κ1) is 15.5. The first-order chi connectivity index (χ1) is 9.65. The monoisotopic (exact) mass is 313 g/mol. The maximum atomic E-state index is 5.41. The van der Waals surface area contributed by atoms with E-state index in [2.05, 4.69) is 28.0 Å². The van der Waals surface area contributed by atoms with Gasteiger partial charge in [-0.05, 0) is 24.5 Å². The van der Waals surface area contributed by atoms with E-state index < -0.39 is 8.80 Å². The number of thiol groups is 1. The smallest absolute Gasteiger partial charge is 0.377 e. The number of rotatable bonds is 7. The molecule has 0 atom stereocenters. The number of hydrogen-bond acceptors (Lipinski definition) is 6. The van der Waals surface area contributed by atoms with Crippen LogP contribution in [0.25, 0.3) is 11.0 Å². The predicted octanol–water partition coefficient (Wildman–Crippen LogP) is 2.06. The fraction of sp³-hybridized carbons (Fsp3) is 0.500. The highest BCUT2D eigenvalue weighted by Crippen LogP contribution is 2.25. The maximum absolute atomic E-state index is 5.41. The highest BCUT2D eigenvalue weighted by molar-refractivity contribution is 7.80. The molecule has 1 N–H and O–H groups in total. The fourth-order valence-corrected chi connectivity index (χ4v) is 4.27. The van der Waals surface area contributed by atoms with Crippen LogP contribution in [0.2, 0.25) is 6.04 Å². The molecule has 6 nitrogen and oxygen atoms in total. The molecule has 1 heterocycles. The molecular formula is C12H19N3O3SSi. The Morgan fingerprint density at radius 1 is 1.15 bits per heavy atom. The Kier molecular flexibility index (Phi) is 5.16. The van der Waals surface area contributed by atoms with Gasteiger partial charge in [0.2, 0.25) is 0 Å². The van der Waals surface area contributed by atoms with E-state index in [0.717, 1.165) is 40.4 Å². The summed E-state index contributed by atoms with van der Waals surface area (Å²) in [5, 5.41) is 10.8. The third-order valence-electron chi connectivity index (χ3n) is 3.41. The number of aromatic amines is 1. The summed E-state index contributed by atoms with van der Waals surface area (Å²) in [7, 11) is 2.40. The first-order valence-electron chi connectivity index (χ1n) is 6.32. The molecule has 2 rings (SSSR count). The van der Waals surface area contributed by atoms with E-state index >= 15 is 0 Å². The van der Waals surface area contributed by atoms with Crippen LogP contribution >= 0.6 is 12.6 Å².